The van der Waals surface area contributed by atoms with Crippen molar-refractivity contribution in [2.45, 2.75) is 39.0 Å². The molecule has 0 aromatic carbocycles. The van der Waals surface area contributed by atoms with Gasteiger partial charge in [0.15, 0.2) is 0 Å². The van der Waals surface area contributed by atoms with Gasteiger partial charge in [0.2, 0.25) is 0 Å². The first-order valence-electron chi connectivity index (χ1n) is 5.42. The van der Waals surface area contributed by atoms with Crippen LogP contribution in [0.4, 0.5) is 0 Å². The van der Waals surface area contributed by atoms with Gasteiger partial charge in [-0.05, 0) is 42.9 Å². The quantitative estimate of drug-likeness (QED) is 0.671. The fraction of sp³-hybridized carbons (Fsp3) is 1.00. The van der Waals surface area contributed by atoms with Crippen LogP contribution in [-0.2, 0) is 0 Å². The fourth-order valence-corrected chi connectivity index (χ4v) is 2.77. The maximum Gasteiger partial charge on any atom is 0.0462 e. The second-order valence-electron chi connectivity index (χ2n) is 4.86. The van der Waals surface area contributed by atoms with Crippen LogP contribution in [0.2, 0.25) is 0 Å². The van der Waals surface area contributed by atoms with Crippen LogP contribution in [0, 0.1) is 23.7 Å². The highest BCUT2D eigenvalue weighted by molar-refractivity contribution is 4.92. The number of hydrogen-bond acceptors (Lipinski definition) is 1. The second-order valence-corrected chi connectivity index (χ2v) is 4.86. The van der Waals surface area contributed by atoms with E-state index < -0.39 is 0 Å². The Morgan fingerprint density at radius 2 is 1.83 bits per heavy atom. The topological polar surface area (TPSA) is 20.2 Å². The van der Waals surface area contributed by atoms with E-state index in [0.717, 1.165) is 17.8 Å². The molecule has 12 heavy (non-hydrogen) atoms. The van der Waals surface area contributed by atoms with Gasteiger partial charge in [-0.3, -0.25) is 0 Å². The molecule has 2 fully saturated rings. The van der Waals surface area contributed by atoms with Crippen LogP contribution in [-0.4, -0.2) is 11.7 Å². The maximum absolute atomic E-state index is 8.96. The first-order chi connectivity index (χ1) is 5.81. The number of hydrogen-bond donors (Lipinski definition) is 1. The van der Waals surface area contributed by atoms with E-state index in [0.29, 0.717) is 12.5 Å². The van der Waals surface area contributed by atoms with Gasteiger partial charge in [-0.2, -0.15) is 0 Å². The van der Waals surface area contributed by atoms with Crippen molar-refractivity contribution in [1.82, 2.24) is 0 Å². The minimum Gasteiger partial charge on any atom is -0.396 e. The zero-order valence-electron chi connectivity index (χ0n) is 8.00. The predicted octanol–water partition coefficient (Wildman–Crippen LogP) is 2.44. The van der Waals surface area contributed by atoms with E-state index in [4.69, 9.17) is 5.11 Å². The minimum atomic E-state index is 0.441. The SMILES string of the molecule is CC1CCC(C2CC2CO)CC1. The van der Waals surface area contributed by atoms with Crippen molar-refractivity contribution in [3.63, 3.8) is 0 Å². The summed E-state index contributed by atoms with van der Waals surface area (Å²) in [5.74, 6) is 3.52. The highest BCUT2D eigenvalue weighted by Gasteiger charge is 2.42. The van der Waals surface area contributed by atoms with Gasteiger partial charge in [-0.15, -0.1) is 0 Å². The van der Waals surface area contributed by atoms with Crippen molar-refractivity contribution in [3.05, 3.63) is 0 Å². The van der Waals surface area contributed by atoms with Crippen LogP contribution in [0.25, 0.3) is 0 Å². The van der Waals surface area contributed by atoms with E-state index in [2.05, 4.69) is 6.92 Å². The molecule has 2 rings (SSSR count). The van der Waals surface area contributed by atoms with Crippen molar-refractivity contribution in [3.8, 4) is 0 Å². The van der Waals surface area contributed by atoms with Gasteiger partial charge in [0.05, 0.1) is 0 Å². The number of aliphatic hydroxyl groups is 1. The molecule has 1 nitrogen and oxygen atoms in total. The molecule has 0 aromatic rings. The standard InChI is InChI=1S/C11H20O/c1-8-2-4-9(5-3-8)11-6-10(11)7-12/h8-12H,2-7H2,1H3. The molecule has 0 bridgehead atoms. The van der Waals surface area contributed by atoms with E-state index in [1.807, 2.05) is 0 Å². The van der Waals surface area contributed by atoms with Gasteiger partial charge in [0, 0.05) is 6.61 Å². The highest BCUT2D eigenvalue weighted by Crippen LogP contribution is 2.49. The smallest absolute Gasteiger partial charge is 0.0462 e. The Balaban J connectivity index is 1.76. The van der Waals surface area contributed by atoms with Crippen molar-refractivity contribution in [2.75, 3.05) is 6.61 Å². The average molecular weight is 168 g/mol. The molecule has 0 heterocycles. The molecular formula is C11H20O. The van der Waals surface area contributed by atoms with Gasteiger partial charge >= 0.3 is 0 Å². The Morgan fingerprint density at radius 1 is 1.17 bits per heavy atom. The van der Waals surface area contributed by atoms with E-state index in [9.17, 15) is 0 Å². The van der Waals surface area contributed by atoms with Crippen LogP contribution in [0.15, 0.2) is 0 Å². The zero-order chi connectivity index (χ0) is 8.55. The van der Waals surface area contributed by atoms with Gasteiger partial charge in [0.25, 0.3) is 0 Å². The van der Waals surface area contributed by atoms with Gasteiger partial charge < -0.3 is 5.11 Å². The summed E-state index contributed by atoms with van der Waals surface area (Å²) in [6.07, 6.45) is 7.04. The molecule has 1 N–H and O–H groups in total. The lowest BCUT2D eigenvalue weighted by atomic mass is 9.80. The molecule has 2 unspecified atom stereocenters. The van der Waals surface area contributed by atoms with Crippen LogP contribution in [0.5, 0.6) is 0 Å². The summed E-state index contributed by atoms with van der Waals surface area (Å²) in [7, 11) is 0. The normalized spacial score (nSPS) is 47.5. The summed E-state index contributed by atoms with van der Waals surface area (Å²) in [4.78, 5) is 0. The molecule has 2 aliphatic carbocycles. The van der Waals surface area contributed by atoms with Crippen molar-refractivity contribution in [1.29, 1.82) is 0 Å². The summed E-state index contributed by atoms with van der Waals surface area (Å²) in [5, 5.41) is 8.96. The molecule has 0 saturated heterocycles. The lowest BCUT2D eigenvalue weighted by Crippen LogP contribution is -2.15. The van der Waals surface area contributed by atoms with E-state index >= 15 is 0 Å². The first kappa shape index (κ1) is 8.55. The van der Waals surface area contributed by atoms with E-state index in [1.54, 1.807) is 0 Å². The van der Waals surface area contributed by atoms with Crippen molar-refractivity contribution >= 4 is 0 Å². The summed E-state index contributed by atoms with van der Waals surface area (Å²) in [5.41, 5.74) is 0. The van der Waals surface area contributed by atoms with Crippen LogP contribution < -0.4 is 0 Å². The number of rotatable bonds is 2. The third kappa shape index (κ3) is 1.66. The molecule has 2 atom stereocenters. The zero-order valence-corrected chi connectivity index (χ0v) is 8.00. The van der Waals surface area contributed by atoms with Crippen LogP contribution in [0.1, 0.15) is 39.0 Å². The molecule has 0 aliphatic heterocycles. The Bertz CT molecular complexity index is 147. The molecule has 70 valence electrons. The number of aliphatic hydroxyl groups excluding tert-OH is 1. The molecule has 0 radical (unpaired) electrons. The van der Waals surface area contributed by atoms with Gasteiger partial charge in [-0.1, -0.05) is 19.8 Å². The van der Waals surface area contributed by atoms with Gasteiger partial charge in [-0.25, -0.2) is 0 Å². The van der Waals surface area contributed by atoms with Gasteiger partial charge in [0.1, 0.15) is 0 Å². The molecule has 2 aliphatic rings. The summed E-state index contributed by atoms with van der Waals surface area (Å²) in [6.45, 7) is 2.81. The van der Waals surface area contributed by atoms with E-state index in [-0.39, 0.29) is 0 Å². The average Bonchev–Trinajstić information content (AvgIpc) is 2.85. The molecule has 0 aromatic heterocycles. The van der Waals surface area contributed by atoms with Crippen molar-refractivity contribution in [2.24, 2.45) is 23.7 Å². The molecular weight excluding hydrogens is 148 g/mol. The lowest BCUT2D eigenvalue weighted by molar-refractivity contribution is 0.224. The predicted molar refractivity (Wildman–Crippen MR) is 49.8 cm³/mol. The van der Waals surface area contributed by atoms with E-state index in [1.165, 1.54) is 32.1 Å². The Hall–Kier alpha value is -0.0400. The molecule has 0 spiro atoms. The summed E-state index contributed by atoms with van der Waals surface area (Å²) in [6, 6.07) is 0. The van der Waals surface area contributed by atoms with Crippen molar-refractivity contribution < 1.29 is 5.11 Å². The summed E-state index contributed by atoms with van der Waals surface area (Å²) >= 11 is 0. The van der Waals surface area contributed by atoms with Crippen LogP contribution in [0.3, 0.4) is 0 Å². The third-order valence-electron chi connectivity index (χ3n) is 3.88. The minimum absolute atomic E-state index is 0.441. The lowest BCUT2D eigenvalue weighted by Gasteiger charge is -2.26. The highest BCUT2D eigenvalue weighted by atomic mass is 16.3. The fourth-order valence-electron chi connectivity index (χ4n) is 2.77. The largest absolute Gasteiger partial charge is 0.396 e. The van der Waals surface area contributed by atoms with Crippen LogP contribution >= 0.6 is 0 Å². The Labute approximate surface area is 75.2 Å². The third-order valence-corrected chi connectivity index (χ3v) is 3.88. The molecule has 2 saturated carbocycles. The molecule has 0 amide bonds. The second kappa shape index (κ2) is 3.37. The Morgan fingerprint density at radius 3 is 2.33 bits per heavy atom. The first-order valence-corrected chi connectivity index (χ1v) is 5.42. The monoisotopic (exact) mass is 168 g/mol. The summed E-state index contributed by atoms with van der Waals surface area (Å²) < 4.78 is 0. The maximum atomic E-state index is 8.96. The Kier molecular flexibility index (Phi) is 2.40. The molecule has 1 heteroatoms.